The van der Waals surface area contributed by atoms with Gasteiger partial charge in [0.2, 0.25) is 0 Å². The summed E-state index contributed by atoms with van der Waals surface area (Å²) in [4.78, 5) is 2.36. The van der Waals surface area contributed by atoms with Crippen LogP contribution in [0, 0.1) is 5.82 Å². The zero-order valence-electron chi connectivity index (χ0n) is 13.3. The molecule has 0 aromatic heterocycles. The molecule has 1 aromatic carbocycles. The van der Waals surface area contributed by atoms with Crippen LogP contribution in [0.3, 0.4) is 0 Å². The summed E-state index contributed by atoms with van der Waals surface area (Å²) in [5.41, 5.74) is 1.05. The standard InChI is InChI=1S/C17H29FN2/c1-5-17(15-9-8-10-16(18)13-15)19-11-6-7-12-20(4)14(2)3/h8-10,13-14,17,19H,5-7,11-12H2,1-4H3. The second-order valence-electron chi connectivity index (χ2n) is 5.75. The van der Waals surface area contributed by atoms with Gasteiger partial charge in [0.1, 0.15) is 5.82 Å². The molecule has 0 saturated heterocycles. The second kappa shape index (κ2) is 9.09. The highest BCUT2D eigenvalue weighted by atomic mass is 19.1. The van der Waals surface area contributed by atoms with E-state index in [1.54, 1.807) is 12.1 Å². The molecule has 1 unspecified atom stereocenters. The third kappa shape index (κ3) is 6.02. The topological polar surface area (TPSA) is 15.3 Å². The highest BCUT2D eigenvalue weighted by molar-refractivity contribution is 5.19. The van der Waals surface area contributed by atoms with Crippen LogP contribution in [0.2, 0.25) is 0 Å². The molecule has 0 heterocycles. The summed E-state index contributed by atoms with van der Waals surface area (Å²) in [6, 6.07) is 7.78. The van der Waals surface area contributed by atoms with E-state index >= 15 is 0 Å². The number of halogens is 1. The highest BCUT2D eigenvalue weighted by Crippen LogP contribution is 2.17. The Balaban J connectivity index is 2.29. The molecule has 0 aliphatic rings. The lowest BCUT2D eigenvalue weighted by molar-refractivity contribution is 0.267. The van der Waals surface area contributed by atoms with Crippen molar-refractivity contribution in [1.82, 2.24) is 10.2 Å². The number of rotatable bonds is 9. The van der Waals surface area contributed by atoms with Crippen molar-refractivity contribution < 1.29 is 4.39 Å². The van der Waals surface area contributed by atoms with Gasteiger partial charge in [-0.1, -0.05) is 19.1 Å². The summed E-state index contributed by atoms with van der Waals surface area (Å²) in [6.07, 6.45) is 3.33. The summed E-state index contributed by atoms with van der Waals surface area (Å²) in [6.45, 7) is 8.69. The molecule has 0 radical (unpaired) electrons. The Morgan fingerprint density at radius 2 is 2.00 bits per heavy atom. The number of nitrogens with one attached hydrogen (secondary N) is 1. The lowest BCUT2D eigenvalue weighted by Crippen LogP contribution is -2.28. The zero-order chi connectivity index (χ0) is 15.0. The van der Waals surface area contributed by atoms with Gasteiger partial charge in [-0.15, -0.1) is 0 Å². The van der Waals surface area contributed by atoms with Gasteiger partial charge in [-0.25, -0.2) is 4.39 Å². The number of benzene rings is 1. The normalized spacial score (nSPS) is 13.2. The van der Waals surface area contributed by atoms with Crippen LogP contribution >= 0.6 is 0 Å². The molecule has 0 fully saturated rings. The Bertz CT molecular complexity index is 379. The maximum absolute atomic E-state index is 13.2. The van der Waals surface area contributed by atoms with Gasteiger partial charge in [-0.2, -0.15) is 0 Å². The maximum atomic E-state index is 13.2. The number of unbranched alkanes of at least 4 members (excludes halogenated alkanes) is 1. The molecule has 114 valence electrons. The summed E-state index contributed by atoms with van der Waals surface area (Å²) >= 11 is 0. The van der Waals surface area contributed by atoms with Gasteiger partial charge < -0.3 is 10.2 Å². The summed E-state index contributed by atoms with van der Waals surface area (Å²) in [5, 5.41) is 3.53. The Labute approximate surface area is 123 Å². The molecule has 20 heavy (non-hydrogen) atoms. The van der Waals surface area contributed by atoms with E-state index in [1.807, 2.05) is 6.07 Å². The molecular weight excluding hydrogens is 251 g/mol. The van der Waals surface area contributed by atoms with E-state index in [4.69, 9.17) is 0 Å². The maximum Gasteiger partial charge on any atom is 0.123 e. The van der Waals surface area contributed by atoms with Gasteiger partial charge in [0.25, 0.3) is 0 Å². The van der Waals surface area contributed by atoms with E-state index in [1.165, 1.54) is 12.5 Å². The van der Waals surface area contributed by atoms with Crippen LogP contribution in [-0.2, 0) is 0 Å². The lowest BCUT2D eigenvalue weighted by atomic mass is 10.0. The van der Waals surface area contributed by atoms with Crippen molar-refractivity contribution in [2.24, 2.45) is 0 Å². The van der Waals surface area contributed by atoms with Crippen LogP contribution < -0.4 is 5.32 Å². The number of hydrogen-bond acceptors (Lipinski definition) is 2. The third-order valence-electron chi connectivity index (χ3n) is 3.87. The van der Waals surface area contributed by atoms with Crippen molar-refractivity contribution in [2.75, 3.05) is 20.1 Å². The minimum atomic E-state index is -0.152. The van der Waals surface area contributed by atoms with Gasteiger partial charge in [0, 0.05) is 12.1 Å². The molecule has 1 rings (SSSR count). The highest BCUT2D eigenvalue weighted by Gasteiger charge is 2.09. The van der Waals surface area contributed by atoms with Crippen LogP contribution in [0.5, 0.6) is 0 Å². The van der Waals surface area contributed by atoms with E-state index in [0.717, 1.165) is 31.5 Å². The minimum Gasteiger partial charge on any atom is -0.310 e. The van der Waals surface area contributed by atoms with Crippen molar-refractivity contribution in [3.8, 4) is 0 Å². The molecule has 0 aliphatic heterocycles. The first-order valence-corrected chi connectivity index (χ1v) is 7.73. The zero-order valence-corrected chi connectivity index (χ0v) is 13.3. The molecule has 0 bridgehead atoms. The molecule has 1 aromatic rings. The monoisotopic (exact) mass is 280 g/mol. The van der Waals surface area contributed by atoms with E-state index in [0.29, 0.717) is 6.04 Å². The molecule has 0 saturated carbocycles. The first-order valence-electron chi connectivity index (χ1n) is 7.73. The fourth-order valence-corrected chi connectivity index (χ4v) is 2.24. The van der Waals surface area contributed by atoms with Crippen molar-refractivity contribution >= 4 is 0 Å². The van der Waals surface area contributed by atoms with Crippen LogP contribution in [0.25, 0.3) is 0 Å². The van der Waals surface area contributed by atoms with Crippen molar-refractivity contribution in [2.45, 2.75) is 52.1 Å². The molecule has 1 N–H and O–H groups in total. The average molecular weight is 280 g/mol. The van der Waals surface area contributed by atoms with E-state index in [2.05, 4.69) is 38.0 Å². The van der Waals surface area contributed by atoms with E-state index in [9.17, 15) is 4.39 Å². The quantitative estimate of drug-likeness (QED) is 0.688. The Morgan fingerprint density at radius 1 is 1.25 bits per heavy atom. The first kappa shape index (κ1) is 17.1. The largest absolute Gasteiger partial charge is 0.310 e. The predicted octanol–water partition coefficient (Wildman–Crippen LogP) is 3.99. The van der Waals surface area contributed by atoms with Gasteiger partial charge >= 0.3 is 0 Å². The smallest absolute Gasteiger partial charge is 0.123 e. The first-order chi connectivity index (χ1) is 9.54. The van der Waals surface area contributed by atoms with Crippen molar-refractivity contribution in [1.29, 1.82) is 0 Å². The third-order valence-corrected chi connectivity index (χ3v) is 3.87. The Hall–Kier alpha value is -0.930. The van der Waals surface area contributed by atoms with Gasteiger partial charge in [-0.05, 0) is 70.9 Å². The number of hydrogen-bond donors (Lipinski definition) is 1. The summed E-state index contributed by atoms with van der Waals surface area (Å²) < 4.78 is 13.2. The molecule has 0 aliphatic carbocycles. The lowest BCUT2D eigenvalue weighted by Gasteiger charge is -2.21. The van der Waals surface area contributed by atoms with Gasteiger partial charge in [0.15, 0.2) is 0 Å². The van der Waals surface area contributed by atoms with Gasteiger partial charge in [-0.3, -0.25) is 0 Å². The van der Waals surface area contributed by atoms with Crippen LogP contribution in [0.15, 0.2) is 24.3 Å². The molecule has 3 heteroatoms. The molecule has 2 nitrogen and oxygen atoms in total. The Morgan fingerprint density at radius 3 is 2.60 bits per heavy atom. The van der Waals surface area contributed by atoms with Crippen LogP contribution in [0.1, 0.15) is 51.6 Å². The second-order valence-corrected chi connectivity index (χ2v) is 5.75. The van der Waals surface area contributed by atoms with Crippen LogP contribution in [0.4, 0.5) is 4.39 Å². The van der Waals surface area contributed by atoms with E-state index < -0.39 is 0 Å². The van der Waals surface area contributed by atoms with Gasteiger partial charge in [0.05, 0.1) is 0 Å². The summed E-state index contributed by atoms with van der Waals surface area (Å²) in [5.74, 6) is -0.152. The van der Waals surface area contributed by atoms with Crippen molar-refractivity contribution in [3.05, 3.63) is 35.6 Å². The summed E-state index contributed by atoms with van der Waals surface area (Å²) in [7, 11) is 2.17. The fourth-order valence-electron chi connectivity index (χ4n) is 2.24. The van der Waals surface area contributed by atoms with Crippen molar-refractivity contribution in [3.63, 3.8) is 0 Å². The molecule has 0 amide bonds. The average Bonchev–Trinajstić information content (AvgIpc) is 2.42. The van der Waals surface area contributed by atoms with Crippen LogP contribution in [-0.4, -0.2) is 31.1 Å². The predicted molar refractivity (Wildman–Crippen MR) is 84.4 cm³/mol. The molecule has 1 atom stereocenters. The fraction of sp³-hybridized carbons (Fsp3) is 0.647. The molecule has 0 spiro atoms. The Kier molecular flexibility index (Phi) is 7.78. The van der Waals surface area contributed by atoms with E-state index in [-0.39, 0.29) is 11.9 Å². The molecular formula is C17H29FN2. The minimum absolute atomic E-state index is 0.152. The number of nitrogens with zero attached hydrogens (tertiary/aromatic N) is 1. The SMILES string of the molecule is CCC(NCCCCN(C)C(C)C)c1cccc(F)c1.